The van der Waals surface area contributed by atoms with Crippen molar-refractivity contribution in [2.24, 2.45) is 0 Å². The lowest BCUT2D eigenvalue weighted by Gasteiger charge is -2.06. The smallest absolute Gasteiger partial charge is 0.140 e. The first-order chi connectivity index (χ1) is 9.19. The van der Waals surface area contributed by atoms with E-state index in [1.807, 2.05) is 12.1 Å². The molecular formula is C16H15FN2. The van der Waals surface area contributed by atoms with Crippen molar-refractivity contribution in [2.45, 2.75) is 20.0 Å². The van der Waals surface area contributed by atoms with Crippen LogP contribution in [0.3, 0.4) is 0 Å². The molecule has 0 aliphatic heterocycles. The Kier molecular flexibility index (Phi) is 4.27. The molecule has 0 aromatic heterocycles. The largest absolute Gasteiger partial charge is 0.309 e. The summed E-state index contributed by atoms with van der Waals surface area (Å²) in [6.45, 7) is 3.42. The molecular weight excluding hydrogens is 239 g/mol. The van der Waals surface area contributed by atoms with Gasteiger partial charge in [0.2, 0.25) is 0 Å². The van der Waals surface area contributed by atoms with Crippen molar-refractivity contribution >= 4 is 0 Å². The Morgan fingerprint density at radius 1 is 1.11 bits per heavy atom. The van der Waals surface area contributed by atoms with Gasteiger partial charge in [0.25, 0.3) is 0 Å². The Morgan fingerprint density at radius 2 is 1.84 bits per heavy atom. The number of halogens is 1. The molecule has 0 saturated heterocycles. The Hall–Kier alpha value is -2.18. The molecule has 96 valence electrons. The molecule has 0 heterocycles. The number of nitriles is 1. The fourth-order valence-electron chi connectivity index (χ4n) is 1.94. The van der Waals surface area contributed by atoms with Crippen LogP contribution in [-0.4, -0.2) is 0 Å². The molecule has 0 spiro atoms. The van der Waals surface area contributed by atoms with Crippen molar-refractivity contribution in [3.63, 3.8) is 0 Å². The maximum Gasteiger partial charge on any atom is 0.140 e. The lowest BCUT2D eigenvalue weighted by atomic mass is 10.1. The molecule has 0 unspecified atom stereocenters. The van der Waals surface area contributed by atoms with E-state index in [-0.39, 0.29) is 5.56 Å². The van der Waals surface area contributed by atoms with Gasteiger partial charge in [-0.05, 0) is 30.2 Å². The average Bonchev–Trinajstić information content (AvgIpc) is 2.41. The number of hydrogen-bond donors (Lipinski definition) is 1. The summed E-state index contributed by atoms with van der Waals surface area (Å²) in [5.74, 6) is -0.468. The SMILES string of the molecule is Cc1cccc(CNCc2ccc(F)c(C#N)c2)c1. The maximum atomic E-state index is 13.2. The molecule has 3 heteroatoms. The number of benzene rings is 2. The van der Waals surface area contributed by atoms with Crippen LogP contribution < -0.4 is 5.32 Å². The first-order valence-corrected chi connectivity index (χ1v) is 6.14. The molecule has 0 saturated carbocycles. The summed E-state index contributed by atoms with van der Waals surface area (Å²) in [6, 6.07) is 14.7. The number of hydrogen-bond acceptors (Lipinski definition) is 2. The fourth-order valence-corrected chi connectivity index (χ4v) is 1.94. The first kappa shape index (κ1) is 13.3. The molecule has 0 bridgehead atoms. The van der Waals surface area contributed by atoms with Crippen molar-refractivity contribution in [1.29, 1.82) is 5.26 Å². The van der Waals surface area contributed by atoms with Gasteiger partial charge in [-0.25, -0.2) is 4.39 Å². The number of nitrogens with one attached hydrogen (secondary N) is 1. The van der Waals surface area contributed by atoms with E-state index in [1.165, 1.54) is 17.2 Å². The topological polar surface area (TPSA) is 35.8 Å². The molecule has 0 amide bonds. The highest BCUT2D eigenvalue weighted by atomic mass is 19.1. The lowest BCUT2D eigenvalue weighted by Crippen LogP contribution is -2.12. The summed E-state index contributed by atoms with van der Waals surface area (Å²) in [5, 5.41) is 12.1. The van der Waals surface area contributed by atoms with Gasteiger partial charge in [-0.3, -0.25) is 0 Å². The van der Waals surface area contributed by atoms with Gasteiger partial charge in [0.15, 0.2) is 0 Å². The highest BCUT2D eigenvalue weighted by Crippen LogP contribution is 2.10. The van der Waals surface area contributed by atoms with Crippen LogP contribution in [0.1, 0.15) is 22.3 Å². The van der Waals surface area contributed by atoms with Crippen LogP contribution in [0.4, 0.5) is 4.39 Å². The molecule has 0 aliphatic rings. The monoisotopic (exact) mass is 254 g/mol. The van der Waals surface area contributed by atoms with E-state index in [4.69, 9.17) is 5.26 Å². The number of nitrogens with zero attached hydrogens (tertiary/aromatic N) is 1. The van der Waals surface area contributed by atoms with Crippen LogP contribution in [0.25, 0.3) is 0 Å². The van der Waals surface area contributed by atoms with Gasteiger partial charge in [-0.15, -0.1) is 0 Å². The van der Waals surface area contributed by atoms with E-state index in [1.54, 1.807) is 12.1 Å². The summed E-state index contributed by atoms with van der Waals surface area (Å²) in [6.07, 6.45) is 0. The molecule has 2 aromatic rings. The normalized spacial score (nSPS) is 10.2. The summed E-state index contributed by atoms with van der Waals surface area (Å²) >= 11 is 0. The third-order valence-corrected chi connectivity index (χ3v) is 2.89. The standard InChI is InChI=1S/C16H15FN2/c1-12-3-2-4-13(7-12)10-19-11-14-5-6-16(17)15(8-14)9-18/h2-8,19H,10-11H2,1H3. The highest BCUT2D eigenvalue weighted by Gasteiger charge is 2.02. The van der Waals surface area contributed by atoms with Gasteiger partial charge in [-0.1, -0.05) is 35.9 Å². The van der Waals surface area contributed by atoms with E-state index >= 15 is 0 Å². The molecule has 19 heavy (non-hydrogen) atoms. The average molecular weight is 254 g/mol. The van der Waals surface area contributed by atoms with Crippen molar-refractivity contribution < 1.29 is 4.39 Å². The molecule has 0 aliphatic carbocycles. The Labute approximate surface area is 112 Å². The van der Waals surface area contributed by atoms with Gasteiger partial charge in [0.1, 0.15) is 11.9 Å². The zero-order valence-corrected chi connectivity index (χ0v) is 10.8. The number of rotatable bonds is 4. The minimum absolute atomic E-state index is 0.0925. The van der Waals surface area contributed by atoms with E-state index < -0.39 is 5.82 Å². The predicted octanol–water partition coefficient (Wildman–Crippen LogP) is 3.30. The van der Waals surface area contributed by atoms with E-state index in [0.29, 0.717) is 6.54 Å². The van der Waals surface area contributed by atoms with Crippen LogP contribution in [0.5, 0.6) is 0 Å². The second-order valence-electron chi connectivity index (χ2n) is 4.52. The van der Waals surface area contributed by atoms with Gasteiger partial charge >= 0.3 is 0 Å². The molecule has 0 atom stereocenters. The number of aryl methyl sites for hydroxylation is 1. The van der Waals surface area contributed by atoms with Gasteiger partial charge in [-0.2, -0.15) is 5.26 Å². The molecule has 0 radical (unpaired) electrons. The summed E-state index contributed by atoms with van der Waals surface area (Å²) in [5.41, 5.74) is 3.44. The van der Waals surface area contributed by atoms with E-state index in [9.17, 15) is 4.39 Å². The van der Waals surface area contributed by atoms with Gasteiger partial charge in [0, 0.05) is 13.1 Å². The van der Waals surface area contributed by atoms with E-state index in [0.717, 1.165) is 12.1 Å². The fraction of sp³-hybridized carbons (Fsp3) is 0.188. The Morgan fingerprint density at radius 3 is 2.53 bits per heavy atom. The molecule has 2 aromatic carbocycles. The summed E-state index contributed by atoms with van der Waals surface area (Å²) < 4.78 is 13.2. The summed E-state index contributed by atoms with van der Waals surface area (Å²) in [7, 11) is 0. The lowest BCUT2D eigenvalue weighted by molar-refractivity contribution is 0.621. The Balaban J connectivity index is 1.95. The summed E-state index contributed by atoms with van der Waals surface area (Å²) in [4.78, 5) is 0. The van der Waals surface area contributed by atoms with Crippen LogP contribution in [0.15, 0.2) is 42.5 Å². The highest BCUT2D eigenvalue weighted by molar-refractivity contribution is 5.34. The predicted molar refractivity (Wildman–Crippen MR) is 72.8 cm³/mol. The second-order valence-corrected chi connectivity index (χ2v) is 4.52. The minimum atomic E-state index is -0.468. The molecule has 2 rings (SSSR count). The van der Waals surface area contributed by atoms with Crippen molar-refractivity contribution in [2.75, 3.05) is 0 Å². The van der Waals surface area contributed by atoms with Gasteiger partial charge in [0.05, 0.1) is 5.56 Å². The van der Waals surface area contributed by atoms with Crippen LogP contribution in [0, 0.1) is 24.1 Å². The quantitative estimate of drug-likeness (QED) is 0.908. The Bertz CT molecular complexity index is 614. The van der Waals surface area contributed by atoms with E-state index in [2.05, 4.69) is 30.4 Å². The molecule has 2 nitrogen and oxygen atoms in total. The third-order valence-electron chi connectivity index (χ3n) is 2.89. The molecule has 1 N–H and O–H groups in total. The zero-order valence-electron chi connectivity index (χ0n) is 10.8. The second kappa shape index (κ2) is 6.12. The first-order valence-electron chi connectivity index (χ1n) is 6.14. The van der Waals surface area contributed by atoms with Crippen LogP contribution >= 0.6 is 0 Å². The minimum Gasteiger partial charge on any atom is -0.309 e. The zero-order chi connectivity index (χ0) is 13.7. The van der Waals surface area contributed by atoms with Crippen molar-refractivity contribution in [3.05, 3.63) is 70.5 Å². The maximum absolute atomic E-state index is 13.2. The van der Waals surface area contributed by atoms with Crippen molar-refractivity contribution in [1.82, 2.24) is 5.32 Å². The van der Waals surface area contributed by atoms with Crippen LogP contribution in [0.2, 0.25) is 0 Å². The van der Waals surface area contributed by atoms with Crippen molar-refractivity contribution in [3.8, 4) is 6.07 Å². The van der Waals surface area contributed by atoms with Crippen LogP contribution in [-0.2, 0) is 13.1 Å². The molecule has 0 fully saturated rings. The third kappa shape index (κ3) is 3.64. The van der Waals surface area contributed by atoms with Gasteiger partial charge < -0.3 is 5.32 Å².